The van der Waals surface area contributed by atoms with E-state index in [4.69, 9.17) is 4.74 Å². The zero-order chi connectivity index (χ0) is 12.1. The average molecular weight is 223 g/mol. The first-order valence-electron chi connectivity index (χ1n) is 5.08. The Morgan fingerprint density at radius 1 is 1.44 bits per heavy atom. The second-order valence-electron chi connectivity index (χ2n) is 3.60. The summed E-state index contributed by atoms with van der Waals surface area (Å²) < 4.78 is 5.05. The SMILES string of the molecule is COc1ccc(C(CO)N(C)C(C)=O)cc1. The maximum atomic E-state index is 11.2. The molecule has 1 aromatic carbocycles. The summed E-state index contributed by atoms with van der Waals surface area (Å²) in [6.45, 7) is 1.38. The van der Waals surface area contributed by atoms with Crippen LogP contribution in [-0.4, -0.2) is 36.7 Å². The minimum Gasteiger partial charge on any atom is -0.497 e. The highest BCUT2D eigenvalue weighted by atomic mass is 16.5. The van der Waals surface area contributed by atoms with E-state index in [9.17, 15) is 9.90 Å². The molecule has 1 rings (SSSR count). The van der Waals surface area contributed by atoms with Crippen LogP contribution in [0.3, 0.4) is 0 Å². The van der Waals surface area contributed by atoms with Gasteiger partial charge < -0.3 is 14.7 Å². The number of hydrogen-bond donors (Lipinski definition) is 1. The Labute approximate surface area is 95.5 Å². The molecule has 0 aliphatic rings. The predicted molar refractivity (Wildman–Crippen MR) is 61.3 cm³/mol. The Balaban J connectivity index is 2.90. The lowest BCUT2D eigenvalue weighted by Gasteiger charge is -2.25. The van der Waals surface area contributed by atoms with Crippen LogP contribution < -0.4 is 4.74 Å². The predicted octanol–water partition coefficient (Wildman–Crippen LogP) is 1.21. The highest BCUT2D eigenvalue weighted by Gasteiger charge is 2.17. The average Bonchev–Trinajstić information content (AvgIpc) is 2.30. The Morgan fingerprint density at radius 2 is 2.00 bits per heavy atom. The van der Waals surface area contributed by atoms with Gasteiger partial charge in [0.2, 0.25) is 5.91 Å². The van der Waals surface area contributed by atoms with E-state index in [1.165, 1.54) is 11.8 Å². The van der Waals surface area contributed by atoms with E-state index in [-0.39, 0.29) is 18.6 Å². The molecule has 0 fully saturated rings. The first-order chi connectivity index (χ1) is 7.60. The summed E-state index contributed by atoms with van der Waals surface area (Å²) in [6.07, 6.45) is 0. The molecule has 1 N–H and O–H groups in total. The smallest absolute Gasteiger partial charge is 0.219 e. The lowest BCUT2D eigenvalue weighted by molar-refractivity contribution is -0.130. The molecular formula is C12H17NO3. The van der Waals surface area contributed by atoms with Crippen molar-refractivity contribution in [3.05, 3.63) is 29.8 Å². The topological polar surface area (TPSA) is 49.8 Å². The molecule has 1 unspecified atom stereocenters. The summed E-state index contributed by atoms with van der Waals surface area (Å²) in [5.74, 6) is 0.681. The van der Waals surface area contributed by atoms with Gasteiger partial charge in [-0.2, -0.15) is 0 Å². The molecule has 16 heavy (non-hydrogen) atoms. The molecule has 0 aliphatic carbocycles. The molecule has 0 bridgehead atoms. The van der Waals surface area contributed by atoms with Gasteiger partial charge >= 0.3 is 0 Å². The lowest BCUT2D eigenvalue weighted by atomic mass is 10.1. The van der Waals surface area contributed by atoms with Crippen LogP contribution in [0.5, 0.6) is 5.75 Å². The molecule has 0 saturated carbocycles. The van der Waals surface area contributed by atoms with Crippen LogP contribution in [0, 0.1) is 0 Å². The van der Waals surface area contributed by atoms with Crippen molar-refractivity contribution in [2.24, 2.45) is 0 Å². The zero-order valence-corrected chi connectivity index (χ0v) is 9.80. The summed E-state index contributed by atoms with van der Waals surface area (Å²) in [5.41, 5.74) is 0.890. The molecule has 4 heteroatoms. The summed E-state index contributed by atoms with van der Waals surface area (Å²) in [7, 11) is 3.27. The molecule has 0 saturated heterocycles. The Bertz CT molecular complexity index is 348. The summed E-state index contributed by atoms with van der Waals surface area (Å²) in [6, 6.07) is 7.01. The number of methoxy groups -OCH3 is 1. The van der Waals surface area contributed by atoms with Gasteiger partial charge in [0.15, 0.2) is 0 Å². The molecular weight excluding hydrogens is 206 g/mol. The van der Waals surface area contributed by atoms with Crippen LogP contribution in [0.15, 0.2) is 24.3 Å². The maximum Gasteiger partial charge on any atom is 0.219 e. The normalized spacial score (nSPS) is 12.0. The molecule has 0 radical (unpaired) electrons. The molecule has 0 spiro atoms. The largest absolute Gasteiger partial charge is 0.497 e. The van der Waals surface area contributed by atoms with E-state index in [2.05, 4.69) is 0 Å². The van der Waals surface area contributed by atoms with Crippen molar-refractivity contribution in [3.8, 4) is 5.75 Å². The van der Waals surface area contributed by atoms with Crippen LogP contribution >= 0.6 is 0 Å². The van der Waals surface area contributed by atoms with E-state index in [0.29, 0.717) is 0 Å². The highest BCUT2D eigenvalue weighted by molar-refractivity contribution is 5.73. The number of nitrogens with zero attached hydrogens (tertiary/aromatic N) is 1. The number of ether oxygens (including phenoxy) is 1. The molecule has 0 heterocycles. The molecule has 0 aromatic heterocycles. The number of amides is 1. The van der Waals surface area contributed by atoms with Crippen LogP contribution in [0.1, 0.15) is 18.5 Å². The first kappa shape index (κ1) is 12.5. The monoisotopic (exact) mass is 223 g/mol. The van der Waals surface area contributed by atoms with Crippen LogP contribution in [-0.2, 0) is 4.79 Å². The van der Waals surface area contributed by atoms with Crippen LogP contribution in [0.25, 0.3) is 0 Å². The number of aliphatic hydroxyl groups excluding tert-OH is 1. The second-order valence-corrected chi connectivity index (χ2v) is 3.60. The van der Waals surface area contributed by atoms with Gasteiger partial charge in [-0.15, -0.1) is 0 Å². The van der Waals surface area contributed by atoms with Crippen LogP contribution in [0.4, 0.5) is 0 Å². The number of carbonyl (C=O) groups is 1. The third-order valence-electron chi connectivity index (χ3n) is 2.64. The number of benzene rings is 1. The number of aliphatic hydroxyl groups is 1. The van der Waals surface area contributed by atoms with Crippen molar-refractivity contribution in [2.75, 3.05) is 20.8 Å². The Kier molecular flexibility index (Phi) is 4.31. The number of likely N-dealkylation sites (N-methyl/N-ethyl adjacent to an activating group) is 1. The number of carbonyl (C=O) groups excluding carboxylic acids is 1. The highest BCUT2D eigenvalue weighted by Crippen LogP contribution is 2.21. The van der Waals surface area contributed by atoms with Gasteiger partial charge in [-0.3, -0.25) is 4.79 Å². The first-order valence-corrected chi connectivity index (χ1v) is 5.08. The summed E-state index contributed by atoms with van der Waals surface area (Å²) in [5, 5.41) is 9.30. The molecule has 1 amide bonds. The van der Waals surface area contributed by atoms with Gasteiger partial charge in [0.05, 0.1) is 19.8 Å². The van der Waals surface area contributed by atoms with Gasteiger partial charge in [-0.1, -0.05) is 12.1 Å². The molecule has 4 nitrogen and oxygen atoms in total. The zero-order valence-electron chi connectivity index (χ0n) is 9.80. The maximum absolute atomic E-state index is 11.2. The minimum atomic E-state index is -0.302. The standard InChI is InChI=1S/C12H17NO3/c1-9(15)13(2)12(8-14)10-4-6-11(16-3)7-5-10/h4-7,12,14H,8H2,1-3H3. The van der Waals surface area contributed by atoms with Crippen molar-refractivity contribution >= 4 is 5.91 Å². The van der Waals surface area contributed by atoms with E-state index >= 15 is 0 Å². The van der Waals surface area contributed by atoms with E-state index in [1.807, 2.05) is 24.3 Å². The fourth-order valence-corrected chi connectivity index (χ4v) is 1.50. The van der Waals surface area contributed by atoms with E-state index in [0.717, 1.165) is 11.3 Å². The third kappa shape index (κ3) is 2.73. The van der Waals surface area contributed by atoms with Gasteiger partial charge in [0, 0.05) is 14.0 Å². The lowest BCUT2D eigenvalue weighted by Crippen LogP contribution is -2.31. The minimum absolute atomic E-state index is 0.0742. The van der Waals surface area contributed by atoms with Gasteiger partial charge in [-0.05, 0) is 17.7 Å². The number of hydrogen-bond acceptors (Lipinski definition) is 3. The summed E-state index contributed by atoms with van der Waals surface area (Å²) in [4.78, 5) is 12.7. The molecule has 1 aromatic rings. The third-order valence-corrected chi connectivity index (χ3v) is 2.64. The second kappa shape index (κ2) is 5.51. The van der Waals surface area contributed by atoms with Crippen LogP contribution in [0.2, 0.25) is 0 Å². The Morgan fingerprint density at radius 3 is 2.38 bits per heavy atom. The molecule has 0 aliphatic heterocycles. The fraction of sp³-hybridized carbons (Fsp3) is 0.417. The van der Waals surface area contributed by atoms with Crippen molar-refractivity contribution in [3.63, 3.8) is 0 Å². The van der Waals surface area contributed by atoms with Crippen molar-refractivity contribution in [2.45, 2.75) is 13.0 Å². The van der Waals surface area contributed by atoms with Gasteiger partial charge in [-0.25, -0.2) is 0 Å². The van der Waals surface area contributed by atoms with Crippen molar-refractivity contribution in [1.82, 2.24) is 4.90 Å². The van der Waals surface area contributed by atoms with Crippen molar-refractivity contribution < 1.29 is 14.6 Å². The number of rotatable bonds is 4. The van der Waals surface area contributed by atoms with Crippen molar-refractivity contribution in [1.29, 1.82) is 0 Å². The van der Waals surface area contributed by atoms with E-state index in [1.54, 1.807) is 14.2 Å². The molecule has 88 valence electrons. The molecule has 1 atom stereocenters. The fourth-order valence-electron chi connectivity index (χ4n) is 1.50. The quantitative estimate of drug-likeness (QED) is 0.834. The van der Waals surface area contributed by atoms with Gasteiger partial charge in [0.25, 0.3) is 0 Å². The Hall–Kier alpha value is -1.55. The summed E-state index contributed by atoms with van der Waals surface area (Å²) >= 11 is 0. The van der Waals surface area contributed by atoms with Gasteiger partial charge in [0.1, 0.15) is 5.75 Å². The van der Waals surface area contributed by atoms with E-state index < -0.39 is 0 Å².